The van der Waals surface area contributed by atoms with Crippen LogP contribution in [-0.2, 0) is 0 Å². The number of rotatable bonds is 3. The van der Waals surface area contributed by atoms with Gasteiger partial charge in [-0.3, -0.25) is 4.57 Å². The van der Waals surface area contributed by atoms with E-state index in [9.17, 15) is 4.79 Å². The molecule has 158 valence electrons. The van der Waals surface area contributed by atoms with E-state index in [1.54, 1.807) is 0 Å². The molecule has 0 aliphatic carbocycles. The second-order valence-electron chi connectivity index (χ2n) is 8.34. The van der Waals surface area contributed by atoms with E-state index in [4.69, 9.17) is 4.98 Å². The summed E-state index contributed by atoms with van der Waals surface area (Å²) in [5.41, 5.74) is 3.86. The first-order valence-electron chi connectivity index (χ1n) is 11.0. The Labute approximate surface area is 185 Å². The molecule has 1 N–H and O–H groups in total. The molecule has 3 aromatic carbocycles. The van der Waals surface area contributed by atoms with Crippen LogP contribution in [0, 0.1) is 0 Å². The number of anilines is 1. The van der Waals surface area contributed by atoms with Gasteiger partial charge in [0.25, 0.3) is 0 Å². The minimum absolute atomic E-state index is 0.0285. The summed E-state index contributed by atoms with van der Waals surface area (Å²) in [6.07, 6.45) is 3.60. The molecule has 0 radical (unpaired) electrons. The molecule has 1 fully saturated rings. The van der Waals surface area contributed by atoms with Gasteiger partial charge >= 0.3 is 5.69 Å². The normalized spacial score (nSPS) is 14.9. The first kappa shape index (κ1) is 18.8. The van der Waals surface area contributed by atoms with Crippen molar-refractivity contribution in [2.75, 3.05) is 18.0 Å². The van der Waals surface area contributed by atoms with E-state index in [-0.39, 0.29) is 11.7 Å². The molecule has 1 aliphatic rings. The summed E-state index contributed by atoms with van der Waals surface area (Å²) in [6, 6.07) is 24.8. The zero-order valence-electron chi connectivity index (χ0n) is 17.6. The molecule has 0 bridgehead atoms. The van der Waals surface area contributed by atoms with Gasteiger partial charge < -0.3 is 9.88 Å². The summed E-state index contributed by atoms with van der Waals surface area (Å²) in [5, 5.41) is 2.43. The maximum Gasteiger partial charge on any atom is 0.326 e. The third-order valence-corrected chi connectivity index (χ3v) is 6.42. The van der Waals surface area contributed by atoms with Crippen LogP contribution in [0.25, 0.3) is 33.1 Å². The largest absolute Gasteiger partial charge is 0.341 e. The maximum atomic E-state index is 12.6. The number of aromatic amines is 1. The summed E-state index contributed by atoms with van der Waals surface area (Å²) in [6.45, 7) is 1.63. The molecule has 6 heteroatoms. The summed E-state index contributed by atoms with van der Waals surface area (Å²) in [7, 11) is 0. The minimum Gasteiger partial charge on any atom is -0.341 e. The van der Waals surface area contributed by atoms with Gasteiger partial charge in [0.2, 0.25) is 5.95 Å². The molecule has 5 aromatic rings. The third-order valence-electron chi connectivity index (χ3n) is 6.42. The minimum atomic E-state index is -0.0285. The first-order chi connectivity index (χ1) is 15.8. The number of nitrogens with zero attached hydrogens (tertiary/aromatic N) is 4. The molecular weight excluding hydrogens is 398 g/mol. The molecule has 3 heterocycles. The van der Waals surface area contributed by atoms with Crippen LogP contribution in [0.15, 0.2) is 83.8 Å². The van der Waals surface area contributed by atoms with E-state index in [2.05, 4.69) is 57.3 Å². The van der Waals surface area contributed by atoms with Crippen molar-refractivity contribution in [2.24, 2.45) is 0 Å². The van der Waals surface area contributed by atoms with Gasteiger partial charge in [0, 0.05) is 30.9 Å². The van der Waals surface area contributed by atoms with Gasteiger partial charge in [-0.15, -0.1) is 0 Å². The summed E-state index contributed by atoms with van der Waals surface area (Å²) >= 11 is 0. The predicted octanol–water partition coefficient (Wildman–Crippen LogP) is 4.78. The van der Waals surface area contributed by atoms with Crippen molar-refractivity contribution in [2.45, 2.75) is 18.9 Å². The van der Waals surface area contributed by atoms with Crippen LogP contribution >= 0.6 is 0 Å². The van der Waals surface area contributed by atoms with Crippen LogP contribution in [-0.4, -0.2) is 32.6 Å². The number of hydrogen-bond acceptors (Lipinski definition) is 4. The standard InChI is InChI=1S/C26H23N5O/c32-26-29-23-7-3-4-8-24(23)31(26)21-12-15-30(16-13-21)25-27-14-11-22(28-25)20-10-9-18-5-1-2-6-19(18)17-20/h1-11,14,17,21H,12-13,15-16H2,(H,29,32). The number of piperidine rings is 1. The molecular formula is C26H23N5O. The number of imidazole rings is 1. The van der Waals surface area contributed by atoms with Crippen molar-refractivity contribution >= 4 is 27.8 Å². The fourth-order valence-electron chi connectivity index (χ4n) is 4.77. The Kier molecular flexibility index (Phi) is 4.49. The summed E-state index contributed by atoms with van der Waals surface area (Å²) < 4.78 is 1.92. The van der Waals surface area contributed by atoms with Crippen molar-refractivity contribution in [3.8, 4) is 11.3 Å². The molecule has 6 nitrogen and oxygen atoms in total. The van der Waals surface area contributed by atoms with Gasteiger partial charge in [-0.25, -0.2) is 14.8 Å². The van der Waals surface area contributed by atoms with Crippen molar-refractivity contribution in [3.05, 3.63) is 89.5 Å². The first-order valence-corrected chi connectivity index (χ1v) is 11.0. The predicted molar refractivity (Wildman–Crippen MR) is 128 cm³/mol. The molecule has 0 amide bonds. The number of benzene rings is 3. The van der Waals surface area contributed by atoms with Crippen molar-refractivity contribution < 1.29 is 0 Å². The fourth-order valence-corrected chi connectivity index (χ4v) is 4.77. The Morgan fingerprint density at radius 1 is 0.875 bits per heavy atom. The van der Waals surface area contributed by atoms with E-state index in [0.717, 1.165) is 54.2 Å². The Morgan fingerprint density at radius 3 is 2.53 bits per heavy atom. The van der Waals surface area contributed by atoms with Gasteiger partial charge in [-0.2, -0.15) is 0 Å². The highest BCUT2D eigenvalue weighted by molar-refractivity contribution is 5.86. The van der Waals surface area contributed by atoms with Gasteiger partial charge in [0.1, 0.15) is 0 Å². The maximum absolute atomic E-state index is 12.6. The average molecular weight is 422 g/mol. The van der Waals surface area contributed by atoms with Crippen LogP contribution in [0.1, 0.15) is 18.9 Å². The molecule has 6 rings (SSSR count). The van der Waals surface area contributed by atoms with Crippen LogP contribution in [0.4, 0.5) is 5.95 Å². The average Bonchev–Trinajstić information content (AvgIpc) is 3.19. The quantitative estimate of drug-likeness (QED) is 0.455. The molecule has 2 aromatic heterocycles. The Hall–Kier alpha value is -3.93. The summed E-state index contributed by atoms with van der Waals surface area (Å²) in [4.78, 5) is 27.2. The van der Waals surface area contributed by atoms with Crippen LogP contribution in [0.5, 0.6) is 0 Å². The number of aromatic nitrogens is 4. The molecule has 32 heavy (non-hydrogen) atoms. The monoisotopic (exact) mass is 421 g/mol. The number of hydrogen-bond donors (Lipinski definition) is 1. The van der Waals surface area contributed by atoms with Crippen molar-refractivity contribution in [1.29, 1.82) is 0 Å². The van der Waals surface area contributed by atoms with Gasteiger partial charge in [-0.1, -0.05) is 48.5 Å². The lowest BCUT2D eigenvalue weighted by Crippen LogP contribution is -2.37. The van der Waals surface area contributed by atoms with Gasteiger partial charge in [0.05, 0.1) is 16.7 Å². The molecule has 1 saturated heterocycles. The molecule has 0 spiro atoms. The Balaban J connectivity index is 1.24. The topological polar surface area (TPSA) is 66.8 Å². The van der Waals surface area contributed by atoms with Crippen molar-refractivity contribution in [1.82, 2.24) is 19.5 Å². The number of fused-ring (bicyclic) bond motifs is 2. The Bertz CT molecular complexity index is 1480. The highest BCUT2D eigenvalue weighted by Crippen LogP contribution is 2.28. The van der Waals surface area contributed by atoms with E-state index in [1.165, 1.54) is 10.8 Å². The lowest BCUT2D eigenvalue weighted by Gasteiger charge is -2.32. The molecule has 0 atom stereocenters. The zero-order chi connectivity index (χ0) is 21.5. The second-order valence-corrected chi connectivity index (χ2v) is 8.34. The number of para-hydroxylation sites is 2. The number of H-pyrrole nitrogens is 1. The molecule has 1 aliphatic heterocycles. The smallest absolute Gasteiger partial charge is 0.326 e. The van der Waals surface area contributed by atoms with Crippen LogP contribution in [0.3, 0.4) is 0 Å². The van der Waals surface area contributed by atoms with Crippen LogP contribution < -0.4 is 10.6 Å². The van der Waals surface area contributed by atoms with E-state index < -0.39 is 0 Å². The van der Waals surface area contributed by atoms with Gasteiger partial charge in [-0.05, 0) is 47.9 Å². The lowest BCUT2D eigenvalue weighted by atomic mass is 10.0. The Morgan fingerprint density at radius 2 is 1.66 bits per heavy atom. The highest BCUT2D eigenvalue weighted by Gasteiger charge is 2.25. The van der Waals surface area contributed by atoms with E-state index >= 15 is 0 Å². The SMILES string of the molecule is O=c1[nH]c2ccccc2n1C1CCN(c2nccc(-c3ccc4ccccc4c3)n2)CC1. The van der Waals surface area contributed by atoms with E-state index in [1.807, 2.05) is 41.1 Å². The lowest BCUT2D eigenvalue weighted by molar-refractivity contribution is 0.394. The van der Waals surface area contributed by atoms with Crippen molar-refractivity contribution in [3.63, 3.8) is 0 Å². The fraction of sp³-hybridized carbons (Fsp3) is 0.192. The van der Waals surface area contributed by atoms with Crippen LogP contribution in [0.2, 0.25) is 0 Å². The highest BCUT2D eigenvalue weighted by atomic mass is 16.1. The summed E-state index contributed by atoms with van der Waals surface area (Å²) in [5.74, 6) is 0.750. The second kappa shape index (κ2) is 7.64. The third kappa shape index (κ3) is 3.24. The van der Waals surface area contributed by atoms with E-state index in [0.29, 0.717) is 0 Å². The molecule has 0 saturated carbocycles. The number of nitrogens with one attached hydrogen (secondary N) is 1. The zero-order valence-corrected chi connectivity index (χ0v) is 17.6. The van der Waals surface area contributed by atoms with Gasteiger partial charge in [0.15, 0.2) is 0 Å². The molecule has 0 unspecified atom stereocenters.